The van der Waals surface area contributed by atoms with Crippen molar-refractivity contribution in [1.29, 1.82) is 0 Å². The van der Waals surface area contributed by atoms with Crippen molar-refractivity contribution in [2.75, 3.05) is 7.11 Å². The van der Waals surface area contributed by atoms with E-state index < -0.39 is 4.92 Å². The average Bonchev–Trinajstić information content (AvgIpc) is 3.42. The van der Waals surface area contributed by atoms with Gasteiger partial charge in [-0.15, -0.1) is 5.10 Å². The molecule has 29 heavy (non-hydrogen) atoms. The summed E-state index contributed by atoms with van der Waals surface area (Å²) in [6.45, 7) is 0. The molecule has 11 heteroatoms. The third-order valence-electron chi connectivity index (χ3n) is 3.96. The van der Waals surface area contributed by atoms with Crippen LogP contribution in [0.3, 0.4) is 0 Å². The van der Waals surface area contributed by atoms with Crippen LogP contribution in [0.4, 0.5) is 5.69 Å². The maximum absolute atomic E-state index is 10.7. The van der Waals surface area contributed by atoms with Crippen molar-refractivity contribution >= 4 is 17.4 Å². The third-order valence-corrected chi connectivity index (χ3v) is 4.79. The van der Waals surface area contributed by atoms with Gasteiger partial charge < -0.3 is 9.26 Å². The molecule has 2 aromatic carbocycles. The summed E-state index contributed by atoms with van der Waals surface area (Å²) in [5, 5.41) is 22.3. The Morgan fingerprint density at radius 2 is 1.83 bits per heavy atom. The summed E-state index contributed by atoms with van der Waals surface area (Å²) in [5.41, 5.74) is 1.53. The molecule has 0 radical (unpaired) electrons. The highest BCUT2D eigenvalue weighted by molar-refractivity contribution is 7.98. The van der Waals surface area contributed by atoms with Crippen molar-refractivity contribution in [3.63, 3.8) is 0 Å². The number of aromatic amines is 1. The lowest BCUT2D eigenvalue weighted by Crippen LogP contribution is -1.88. The molecule has 0 atom stereocenters. The Balaban J connectivity index is 1.40. The number of thioether (sulfide) groups is 1. The molecule has 0 spiro atoms. The van der Waals surface area contributed by atoms with Crippen LogP contribution in [-0.2, 0) is 5.75 Å². The zero-order valence-corrected chi connectivity index (χ0v) is 15.9. The van der Waals surface area contributed by atoms with E-state index in [0.717, 1.165) is 11.3 Å². The van der Waals surface area contributed by atoms with Crippen molar-refractivity contribution in [2.24, 2.45) is 0 Å². The molecule has 146 valence electrons. The van der Waals surface area contributed by atoms with E-state index >= 15 is 0 Å². The maximum Gasteiger partial charge on any atom is 0.269 e. The van der Waals surface area contributed by atoms with Crippen LogP contribution in [0, 0.1) is 10.1 Å². The van der Waals surface area contributed by atoms with Crippen LogP contribution in [-0.4, -0.2) is 37.4 Å². The number of nitro groups is 1. The fourth-order valence-corrected chi connectivity index (χ4v) is 3.11. The van der Waals surface area contributed by atoms with Crippen LogP contribution >= 0.6 is 11.8 Å². The number of nitrogens with zero attached hydrogens (tertiary/aromatic N) is 5. The van der Waals surface area contributed by atoms with Gasteiger partial charge >= 0.3 is 0 Å². The van der Waals surface area contributed by atoms with Crippen molar-refractivity contribution in [3.05, 3.63) is 64.5 Å². The van der Waals surface area contributed by atoms with Gasteiger partial charge in [-0.3, -0.25) is 15.2 Å². The first-order valence-electron chi connectivity index (χ1n) is 8.39. The number of ether oxygens (including phenoxy) is 1. The van der Waals surface area contributed by atoms with Crippen molar-refractivity contribution in [2.45, 2.75) is 10.9 Å². The van der Waals surface area contributed by atoms with Gasteiger partial charge in [-0.25, -0.2) is 4.98 Å². The molecule has 1 N–H and O–H groups in total. The second kappa shape index (κ2) is 8.10. The molecule has 0 saturated heterocycles. The fourth-order valence-electron chi connectivity index (χ4n) is 2.48. The Hall–Kier alpha value is -3.73. The van der Waals surface area contributed by atoms with Gasteiger partial charge in [0.1, 0.15) is 5.75 Å². The van der Waals surface area contributed by atoms with Gasteiger partial charge in [0.2, 0.25) is 16.9 Å². The number of methoxy groups -OCH3 is 1. The normalized spacial score (nSPS) is 10.8. The van der Waals surface area contributed by atoms with E-state index in [9.17, 15) is 10.1 Å². The highest BCUT2D eigenvalue weighted by Crippen LogP contribution is 2.25. The molecule has 0 fully saturated rings. The number of nitrogens with one attached hydrogen (secondary N) is 1. The van der Waals surface area contributed by atoms with Crippen LogP contribution in [0.15, 0.2) is 58.2 Å². The second-order valence-electron chi connectivity index (χ2n) is 5.80. The smallest absolute Gasteiger partial charge is 0.269 e. The predicted octanol–water partition coefficient (Wildman–Crippen LogP) is 3.73. The zero-order chi connectivity index (χ0) is 20.2. The van der Waals surface area contributed by atoms with Gasteiger partial charge in [-0.2, -0.15) is 4.98 Å². The second-order valence-corrected chi connectivity index (χ2v) is 6.74. The number of rotatable bonds is 7. The molecule has 4 rings (SSSR count). The fraction of sp³-hybridized carbons (Fsp3) is 0.111. The Morgan fingerprint density at radius 3 is 2.52 bits per heavy atom. The van der Waals surface area contributed by atoms with Crippen molar-refractivity contribution < 1.29 is 14.2 Å². The van der Waals surface area contributed by atoms with E-state index in [1.54, 1.807) is 19.2 Å². The molecule has 2 heterocycles. The summed E-state index contributed by atoms with van der Waals surface area (Å²) in [6, 6.07) is 13.4. The number of nitro benzene ring substituents is 1. The molecule has 0 amide bonds. The van der Waals surface area contributed by atoms with E-state index in [1.807, 2.05) is 24.3 Å². The summed E-state index contributed by atoms with van der Waals surface area (Å²) in [7, 11) is 1.61. The predicted molar refractivity (Wildman–Crippen MR) is 104 cm³/mol. The molecule has 0 aliphatic rings. The van der Waals surface area contributed by atoms with Crippen LogP contribution in [0.25, 0.3) is 22.8 Å². The molecule has 10 nitrogen and oxygen atoms in total. The summed E-state index contributed by atoms with van der Waals surface area (Å²) in [4.78, 5) is 19.0. The molecular formula is C18H14N6O4S. The molecule has 0 aliphatic carbocycles. The van der Waals surface area contributed by atoms with Crippen LogP contribution in [0.5, 0.6) is 5.75 Å². The summed E-state index contributed by atoms with van der Waals surface area (Å²) in [6.07, 6.45) is 0. The minimum Gasteiger partial charge on any atom is -0.497 e. The van der Waals surface area contributed by atoms with E-state index in [0.29, 0.717) is 34.0 Å². The van der Waals surface area contributed by atoms with Crippen molar-refractivity contribution in [3.8, 4) is 28.5 Å². The van der Waals surface area contributed by atoms with Gasteiger partial charge in [-0.05, 0) is 36.4 Å². The first kappa shape index (κ1) is 18.6. The molecule has 4 aromatic rings. The van der Waals surface area contributed by atoms with Gasteiger partial charge in [-0.1, -0.05) is 16.9 Å². The quantitative estimate of drug-likeness (QED) is 0.275. The van der Waals surface area contributed by atoms with Crippen molar-refractivity contribution in [1.82, 2.24) is 25.3 Å². The van der Waals surface area contributed by atoms with Gasteiger partial charge in [0.25, 0.3) is 5.69 Å². The standard InChI is InChI=1S/C18H14N6O4S/c1-27-14-8-4-11(5-9-14)16-20-18(22-21-16)29-10-15-19-17(23-28-15)12-2-6-13(7-3-12)24(25)26/h2-9H,10H2,1H3,(H,20,21,22). The van der Waals surface area contributed by atoms with Gasteiger partial charge in [0.05, 0.1) is 17.8 Å². The third kappa shape index (κ3) is 4.24. The van der Waals surface area contributed by atoms with Crippen LogP contribution in [0.1, 0.15) is 5.89 Å². The first-order valence-corrected chi connectivity index (χ1v) is 9.38. The molecule has 0 bridgehead atoms. The lowest BCUT2D eigenvalue weighted by molar-refractivity contribution is -0.384. The molecule has 0 saturated carbocycles. The zero-order valence-electron chi connectivity index (χ0n) is 15.1. The molecular weight excluding hydrogens is 396 g/mol. The highest BCUT2D eigenvalue weighted by Gasteiger charge is 2.13. The monoisotopic (exact) mass is 410 g/mol. The number of benzene rings is 2. The first-order chi connectivity index (χ1) is 14.1. The minimum absolute atomic E-state index is 0.00490. The molecule has 0 aliphatic heterocycles. The highest BCUT2D eigenvalue weighted by atomic mass is 32.2. The summed E-state index contributed by atoms with van der Waals surface area (Å²) < 4.78 is 10.4. The van der Waals surface area contributed by atoms with Crippen LogP contribution < -0.4 is 4.74 Å². The SMILES string of the molecule is COc1ccc(-c2nc(SCc3nc(-c4ccc([N+](=O)[O-])cc4)no3)n[nH]2)cc1. The minimum atomic E-state index is -0.459. The van der Waals surface area contributed by atoms with Gasteiger partial charge in [0, 0.05) is 23.3 Å². The lowest BCUT2D eigenvalue weighted by atomic mass is 10.2. The van der Waals surface area contributed by atoms with Gasteiger partial charge in [0.15, 0.2) is 5.82 Å². The Kier molecular flexibility index (Phi) is 5.20. The van der Waals surface area contributed by atoms with E-state index in [2.05, 4.69) is 25.3 Å². The Bertz CT molecular complexity index is 1120. The summed E-state index contributed by atoms with van der Waals surface area (Å²) >= 11 is 1.35. The Labute approximate surface area is 168 Å². The van der Waals surface area contributed by atoms with E-state index in [-0.39, 0.29) is 5.69 Å². The topological polar surface area (TPSA) is 133 Å². The van der Waals surface area contributed by atoms with E-state index in [4.69, 9.17) is 9.26 Å². The van der Waals surface area contributed by atoms with Crippen LogP contribution in [0.2, 0.25) is 0 Å². The number of hydrogen-bond donors (Lipinski definition) is 1. The lowest BCUT2D eigenvalue weighted by Gasteiger charge is -1.99. The molecule has 2 aromatic heterocycles. The van der Waals surface area contributed by atoms with E-state index in [1.165, 1.54) is 23.9 Å². The number of aromatic nitrogens is 5. The number of hydrogen-bond acceptors (Lipinski definition) is 9. The number of non-ortho nitro benzene ring substituents is 1. The Morgan fingerprint density at radius 1 is 1.10 bits per heavy atom. The number of H-pyrrole nitrogens is 1. The maximum atomic E-state index is 10.7. The largest absolute Gasteiger partial charge is 0.497 e. The summed E-state index contributed by atoms with van der Waals surface area (Å²) in [5.74, 6) is 2.57. The average molecular weight is 410 g/mol. The molecule has 0 unspecified atom stereocenters.